The fourth-order valence-electron chi connectivity index (χ4n) is 5.13. The lowest BCUT2D eigenvalue weighted by molar-refractivity contribution is -0.113. The van der Waals surface area contributed by atoms with E-state index in [1.54, 1.807) is 31.2 Å². The minimum absolute atomic E-state index is 0.0153. The number of hydrogen-bond donors (Lipinski definition) is 0. The Balaban J connectivity index is 1.71. The monoisotopic (exact) mass is 463 g/mol. The van der Waals surface area contributed by atoms with E-state index in [1.165, 1.54) is 17.3 Å². The highest BCUT2D eigenvalue weighted by Gasteiger charge is 2.48. The molecule has 1 saturated carbocycles. The van der Waals surface area contributed by atoms with Crippen LogP contribution in [0, 0.1) is 16.7 Å². The number of methoxy groups -OCH3 is 1. The van der Waals surface area contributed by atoms with Crippen molar-refractivity contribution in [2.24, 2.45) is 10.4 Å². The van der Waals surface area contributed by atoms with Crippen molar-refractivity contribution < 1.29 is 14.3 Å². The van der Waals surface area contributed by atoms with Crippen molar-refractivity contribution in [2.45, 2.75) is 44.2 Å². The second-order valence-corrected chi connectivity index (χ2v) is 9.58. The summed E-state index contributed by atoms with van der Waals surface area (Å²) in [6.45, 7) is 0. The van der Waals surface area contributed by atoms with Gasteiger partial charge in [-0.2, -0.15) is 5.26 Å². The largest absolute Gasteiger partial charge is 0.457 e. The Morgan fingerprint density at radius 3 is 2.67 bits per heavy atom. The number of hydrogen-bond acceptors (Lipinski definition) is 6. The van der Waals surface area contributed by atoms with Gasteiger partial charge in [0.25, 0.3) is 0 Å². The van der Waals surface area contributed by atoms with Gasteiger partial charge in [-0.1, -0.05) is 23.9 Å². The lowest BCUT2D eigenvalue weighted by Crippen LogP contribution is -2.34. The maximum atomic E-state index is 11.5. The molecule has 2 aliphatic rings. The average molecular weight is 464 g/mol. The quantitative estimate of drug-likeness (QED) is 0.340. The highest BCUT2D eigenvalue weighted by Crippen LogP contribution is 2.57. The zero-order valence-electron chi connectivity index (χ0n) is 19.3. The Morgan fingerprint density at radius 2 is 2.00 bits per heavy atom. The van der Waals surface area contributed by atoms with Gasteiger partial charge < -0.3 is 9.47 Å². The van der Waals surface area contributed by atoms with E-state index in [-0.39, 0.29) is 11.5 Å². The van der Waals surface area contributed by atoms with Crippen LogP contribution in [0.3, 0.4) is 0 Å². The molecular formula is C26H29N3O3S. The van der Waals surface area contributed by atoms with Crippen LogP contribution in [0.4, 0.5) is 0 Å². The van der Waals surface area contributed by atoms with Crippen molar-refractivity contribution in [3.05, 3.63) is 59.2 Å². The third-order valence-electron chi connectivity index (χ3n) is 6.88. The van der Waals surface area contributed by atoms with Gasteiger partial charge in [-0.3, -0.25) is 14.7 Å². The summed E-state index contributed by atoms with van der Waals surface area (Å²) in [4.78, 5) is 18.1. The van der Waals surface area contributed by atoms with Gasteiger partial charge in [0.1, 0.15) is 11.5 Å². The van der Waals surface area contributed by atoms with Gasteiger partial charge in [0.05, 0.1) is 23.8 Å². The maximum Gasteiger partial charge on any atom is 0.215 e. The molecule has 4 rings (SSSR count). The van der Waals surface area contributed by atoms with Crippen molar-refractivity contribution in [2.75, 3.05) is 20.4 Å². The number of carbonyl (C=O) groups is 1. The van der Waals surface area contributed by atoms with Crippen molar-refractivity contribution >= 4 is 23.3 Å². The zero-order valence-corrected chi connectivity index (χ0v) is 20.1. The zero-order chi connectivity index (χ0) is 23.4. The number of rotatable bonds is 5. The molecule has 1 atom stereocenters. The lowest BCUT2D eigenvalue weighted by atomic mass is 9.69. The Kier molecular flexibility index (Phi) is 7.06. The molecule has 1 amide bonds. The molecule has 6 nitrogen and oxygen atoms in total. The second kappa shape index (κ2) is 9.98. The Hall–Kier alpha value is -2.82. The molecule has 7 heteroatoms. The fourth-order valence-corrected chi connectivity index (χ4v) is 5.67. The van der Waals surface area contributed by atoms with Crippen LogP contribution in [0.25, 0.3) is 0 Å². The molecule has 0 heterocycles. The van der Waals surface area contributed by atoms with E-state index in [4.69, 9.17) is 14.5 Å². The van der Waals surface area contributed by atoms with Gasteiger partial charge in [0, 0.05) is 19.6 Å². The smallest absolute Gasteiger partial charge is 0.215 e. The second-order valence-electron chi connectivity index (χ2n) is 8.81. The number of nitrogens with zero attached hydrogens (tertiary/aromatic N) is 3. The topological polar surface area (TPSA) is 74.9 Å². The standard InChI is InChI=1S/C26H29N3O3S/c1-29(17-30)25(33-3)28-24-23-14-22(32-21-6-4-5-18(13-21)16-27)8-7-19(23)15-26(24)11-9-20(31-2)10-12-26/h4-8,13-14,17,20,24H,9-12,15H2,1-3H3/b28-25+. The van der Waals surface area contributed by atoms with Gasteiger partial charge in [-0.15, -0.1) is 0 Å². The molecule has 0 N–H and O–H groups in total. The van der Waals surface area contributed by atoms with E-state index in [1.807, 2.05) is 24.5 Å². The number of fused-ring (bicyclic) bond motifs is 1. The van der Waals surface area contributed by atoms with Crippen LogP contribution in [-0.4, -0.2) is 43.0 Å². The Morgan fingerprint density at radius 1 is 1.24 bits per heavy atom. The first-order valence-corrected chi connectivity index (χ1v) is 12.4. The molecule has 1 unspecified atom stereocenters. The van der Waals surface area contributed by atoms with Crippen LogP contribution in [0.1, 0.15) is 48.4 Å². The van der Waals surface area contributed by atoms with Gasteiger partial charge in [0.2, 0.25) is 6.41 Å². The number of thioether (sulfide) groups is 1. The number of ether oxygens (including phenoxy) is 2. The molecule has 1 fully saturated rings. The summed E-state index contributed by atoms with van der Waals surface area (Å²) in [5.74, 6) is 1.36. The predicted octanol–water partition coefficient (Wildman–Crippen LogP) is 5.33. The lowest BCUT2D eigenvalue weighted by Gasteiger charge is -2.40. The first-order valence-electron chi connectivity index (χ1n) is 11.2. The summed E-state index contributed by atoms with van der Waals surface area (Å²) < 4.78 is 11.7. The number of nitriles is 1. The number of amides is 1. The number of carbonyl (C=O) groups excluding carboxylic acids is 1. The molecule has 0 aromatic heterocycles. The van der Waals surface area contributed by atoms with E-state index in [9.17, 15) is 10.1 Å². The molecule has 0 aliphatic heterocycles. The van der Waals surface area contributed by atoms with E-state index in [2.05, 4.69) is 18.2 Å². The molecule has 2 aromatic carbocycles. The molecule has 33 heavy (non-hydrogen) atoms. The van der Waals surface area contributed by atoms with Crippen LogP contribution in [-0.2, 0) is 16.0 Å². The SMILES string of the molecule is COC1CCC2(CC1)Cc1ccc(Oc3cccc(C#N)c3)cc1C2/N=C(/SC)N(C)C=O. The minimum atomic E-state index is -0.0517. The van der Waals surface area contributed by atoms with Crippen LogP contribution >= 0.6 is 11.8 Å². The summed E-state index contributed by atoms with van der Waals surface area (Å²) in [5.41, 5.74) is 3.02. The molecule has 172 valence electrons. The molecule has 0 radical (unpaired) electrons. The van der Waals surface area contributed by atoms with E-state index < -0.39 is 0 Å². The van der Waals surface area contributed by atoms with Gasteiger partial charge in [0.15, 0.2) is 5.17 Å². The fraction of sp³-hybridized carbons (Fsp3) is 0.423. The summed E-state index contributed by atoms with van der Waals surface area (Å²) >= 11 is 1.49. The third kappa shape index (κ3) is 4.78. The van der Waals surface area contributed by atoms with Crippen molar-refractivity contribution in [1.82, 2.24) is 4.90 Å². The number of benzene rings is 2. The van der Waals surface area contributed by atoms with Crippen molar-refractivity contribution in [1.29, 1.82) is 5.26 Å². The Labute approximate surface area is 199 Å². The highest BCUT2D eigenvalue weighted by molar-refractivity contribution is 8.13. The van der Waals surface area contributed by atoms with Gasteiger partial charge in [-0.25, -0.2) is 0 Å². The van der Waals surface area contributed by atoms with Crippen molar-refractivity contribution in [3.8, 4) is 17.6 Å². The minimum Gasteiger partial charge on any atom is -0.457 e. The molecule has 0 bridgehead atoms. The van der Waals surface area contributed by atoms with Crippen LogP contribution < -0.4 is 4.74 Å². The third-order valence-corrected chi connectivity index (χ3v) is 7.64. The van der Waals surface area contributed by atoms with E-state index in [0.29, 0.717) is 22.6 Å². The first-order chi connectivity index (χ1) is 16.0. The summed E-state index contributed by atoms with van der Waals surface area (Å²) in [6.07, 6.45) is 8.10. The molecule has 2 aromatic rings. The highest BCUT2D eigenvalue weighted by atomic mass is 32.2. The maximum absolute atomic E-state index is 11.5. The summed E-state index contributed by atoms with van der Waals surface area (Å²) in [6, 6.07) is 15.5. The van der Waals surface area contributed by atoms with E-state index >= 15 is 0 Å². The number of aliphatic imine (C=N–C) groups is 1. The molecule has 1 spiro atoms. The number of amidine groups is 1. The van der Waals surface area contributed by atoms with Crippen LogP contribution in [0.15, 0.2) is 47.5 Å². The molecule has 2 aliphatic carbocycles. The van der Waals surface area contributed by atoms with Crippen LogP contribution in [0.2, 0.25) is 0 Å². The predicted molar refractivity (Wildman–Crippen MR) is 131 cm³/mol. The summed E-state index contributed by atoms with van der Waals surface area (Å²) in [5, 5.41) is 9.89. The summed E-state index contributed by atoms with van der Waals surface area (Å²) in [7, 11) is 3.53. The molecule has 0 saturated heterocycles. The molecular weight excluding hydrogens is 434 g/mol. The van der Waals surface area contributed by atoms with E-state index in [0.717, 1.165) is 49.8 Å². The van der Waals surface area contributed by atoms with Gasteiger partial charge in [-0.05, 0) is 79.8 Å². The van der Waals surface area contributed by atoms with Crippen molar-refractivity contribution in [3.63, 3.8) is 0 Å². The Bertz CT molecular complexity index is 1090. The van der Waals surface area contributed by atoms with Gasteiger partial charge >= 0.3 is 0 Å². The van der Waals surface area contributed by atoms with Crippen LogP contribution in [0.5, 0.6) is 11.5 Å². The first kappa shape index (κ1) is 23.3. The normalized spacial score (nSPS) is 24.2. The average Bonchev–Trinajstić information content (AvgIpc) is 3.14.